The zero-order chi connectivity index (χ0) is 23.5. The second-order valence-electron chi connectivity index (χ2n) is 7.07. The van der Waals surface area contributed by atoms with Crippen LogP contribution in [-0.4, -0.2) is 52.3 Å². The summed E-state index contributed by atoms with van der Waals surface area (Å²) in [5.74, 6) is 0.00804. The van der Waals surface area contributed by atoms with E-state index in [-0.39, 0.29) is 22.2 Å². The molecule has 3 rings (SSSR count). The van der Waals surface area contributed by atoms with Gasteiger partial charge in [-0.2, -0.15) is 0 Å². The summed E-state index contributed by atoms with van der Waals surface area (Å²) >= 11 is 0. The van der Waals surface area contributed by atoms with Gasteiger partial charge in [0.1, 0.15) is 6.54 Å². The maximum Gasteiger partial charge on any atom is 0.261 e. The number of nitrogens with one attached hydrogen (secondary N) is 2. The molecule has 0 fully saturated rings. The first-order valence-corrected chi connectivity index (χ1v) is 13.0. The lowest BCUT2D eigenvalue weighted by Gasteiger charge is -2.19. The van der Waals surface area contributed by atoms with Gasteiger partial charge in [0.05, 0.1) is 9.79 Å². The van der Waals surface area contributed by atoms with Crippen molar-refractivity contribution >= 4 is 42.5 Å². The van der Waals surface area contributed by atoms with Gasteiger partial charge in [-0.1, -0.05) is 6.07 Å². The summed E-state index contributed by atoms with van der Waals surface area (Å²) in [4.78, 5) is 13.8. The van der Waals surface area contributed by atoms with Crippen molar-refractivity contribution in [1.29, 1.82) is 0 Å². The van der Waals surface area contributed by atoms with Gasteiger partial charge in [0.15, 0.2) is 0 Å². The van der Waals surface area contributed by atoms with Crippen molar-refractivity contribution in [2.45, 2.75) is 30.2 Å². The Kier molecular flexibility index (Phi) is 6.91. The van der Waals surface area contributed by atoms with E-state index < -0.39 is 20.0 Å². The van der Waals surface area contributed by atoms with Gasteiger partial charge < -0.3 is 9.47 Å². The first-order valence-electron chi connectivity index (χ1n) is 10.0. The number of nitrogens with zero attached hydrogens (tertiary/aromatic N) is 2. The first-order chi connectivity index (χ1) is 15.1. The van der Waals surface area contributed by atoms with Gasteiger partial charge in [-0.05, 0) is 63.4 Å². The largest absolute Gasteiger partial charge is 0.342 e. The smallest absolute Gasteiger partial charge is 0.261 e. The summed E-state index contributed by atoms with van der Waals surface area (Å²) in [6.07, 6.45) is 1.79. The van der Waals surface area contributed by atoms with Crippen LogP contribution in [0.4, 0.5) is 5.69 Å². The Morgan fingerprint density at radius 2 is 1.59 bits per heavy atom. The summed E-state index contributed by atoms with van der Waals surface area (Å²) in [6.45, 7) is 5.33. The van der Waals surface area contributed by atoms with Gasteiger partial charge >= 0.3 is 0 Å². The van der Waals surface area contributed by atoms with Gasteiger partial charge in [0, 0.05) is 35.9 Å². The Bertz CT molecular complexity index is 1340. The highest BCUT2D eigenvalue weighted by Gasteiger charge is 2.19. The molecule has 11 heteroatoms. The highest BCUT2D eigenvalue weighted by molar-refractivity contribution is 7.93. The van der Waals surface area contributed by atoms with Crippen molar-refractivity contribution in [2.75, 3.05) is 24.9 Å². The molecule has 0 spiro atoms. The quantitative estimate of drug-likeness (QED) is 0.489. The summed E-state index contributed by atoms with van der Waals surface area (Å²) < 4.78 is 56.1. The minimum absolute atomic E-state index is 0.00804. The summed E-state index contributed by atoms with van der Waals surface area (Å²) in [6, 6.07) is 11.9. The van der Waals surface area contributed by atoms with E-state index in [1.165, 1.54) is 25.2 Å². The van der Waals surface area contributed by atoms with Crippen LogP contribution in [0.3, 0.4) is 0 Å². The fraction of sp³-hybridized carbons (Fsp3) is 0.286. The van der Waals surface area contributed by atoms with Crippen LogP contribution in [0, 0.1) is 0 Å². The summed E-state index contributed by atoms with van der Waals surface area (Å²) in [5, 5.41) is 0.768. The number of sulfonamides is 2. The molecule has 1 aromatic heterocycles. The maximum absolute atomic E-state index is 12.8. The third kappa shape index (κ3) is 4.95. The molecule has 3 aromatic rings. The van der Waals surface area contributed by atoms with Crippen LogP contribution in [0.1, 0.15) is 13.8 Å². The van der Waals surface area contributed by atoms with Crippen LogP contribution in [0.2, 0.25) is 0 Å². The minimum Gasteiger partial charge on any atom is -0.342 e. The van der Waals surface area contributed by atoms with Crippen LogP contribution < -0.4 is 9.44 Å². The Hall–Kier alpha value is -2.89. The molecular formula is C21H26N4O5S2. The highest BCUT2D eigenvalue weighted by atomic mass is 32.2. The molecular weight excluding hydrogens is 452 g/mol. The van der Waals surface area contributed by atoms with Crippen LogP contribution in [-0.2, 0) is 31.4 Å². The third-order valence-corrected chi connectivity index (χ3v) is 7.93. The maximum atomic E-state index is 12.8. The number of fused-ring (bicyclic) bond motifs is 1. The lowest BCUT2D eigenvalue weighted by molar-refractivity contribution is -0.131. The molecule has 0 unspecified atom stereocenters. The van der Waals surface area contributed by atoms with E-state index in [4.69, 9.17) is 0 Å². The second-order valence-corrected chi connectivity index (χ2v) is 10.6. The molecule has 9 nitrogen and oxygen atoms in total. The standard InChI is InChI=1S/C21H26N4O5S2/c1-4-24(5-2)21(26)15-25-12-11-16-13-17(9-10-20(16)25)23-32(29,30)19-8-6-7-18(14-19)31(27,28)22-3/h6-14,22-23H,4-5,15H2,1-3H3. The number of benzene rings is 2. The fourth-order valence-electron chi connectivity index (χ4n) is 3.36. The van der Waals surface area contributed by atoms with Gasteiger partial charge in [-0.15, -0.1) is 0 Å². The van der Waals surface area contributed by atoms with Gasteiger partial charge in [0.25, 0.3) is 10.0 Å². The summed E-state index contributed by atoms with van der Waals surface area (Å²) in [5.41, 5.74) is 1.13. The van der Waals surface area contributed by atoms with Crippen LogP contribution in [0.5, 0.6) is 0 Å². The Morgan fingerprint density at radius 1 is 0.938 bits per heavy atom. The Labute approximate surface area is 188 Å². The molecule has 0 saturated heterocycles. The lowest BCUT2D eigenvalue weighted by atomic mass is 10.2. The molecule has 0 atom stereocenters. The van der Waals surface area contributed by atoms with Crippen molar-refractivity contribution < 1.29 is 21.6 Å². The number of anilines is 1. The van der Waals surface area contributed by atoms with E-state index in [1.807, 2.05) is 24.5 Å². The van der Waals surface area contributed by atoms with Crippen LogP contribution >= 0.6 is 0 Å². The number of aromatic nitrogens is 1. The van der Waals surface area contributed by atoms with E-state index >= 15 is 0 Å². The van der Waals surface area contributed by atoms with E-state index in [9.17, 15) is 21.6 Å². The molecule has 0 radical (unpaired) electrons. The number of hydrogen-bond donors (Lipinski definition) is 2. The molecule has 0 saturated carbocycles. The molecule has 32 heavy (non-hydrogen) atoms. The molecule has 2 N–H and O–H groups in total. The van der Waals surface area contributed by atoms with Crippen LogP contribution in [0.25, 0.3) is 10.9 Å². The average Bonchev–Trinajstić information content (AvgIpc) is 3.16. The van der Waals surface area contributed by atoms with Gasteiger partial charge in [-0.3, -0.25) is 9.52 Å². The van der Waals surface area contributed by atoms with Crippen molar-refractivity contribution in [3.8, 4) is 0 Å². The van der Waals surface area contributed by atoms with E-state index in [0.29, 0.717) is 18.8 Å². The molecule has 0 aliphatic carbocycles. The zero-order valence-electron chi connectivity index (χ0n) is 18.1. The molecule has 0 bridgehead atoms. The molecule has 1 heterocycles. The zero-order valence-corrected chi connectivity index (χ0v) is 19.7. The number of amides is 1. The number of carbonyl (C=O) groups excluding carboxylic acids is 1. The predicted molar refractivity (Wildman–Crippen MR) is 123 cm³/mol. The van der Waals surface area contributed by atoms with E-state index in [0.717, 1.165) is 17.0 Å². The molecule has 0 aliphatic heterocycles. The van der Waals surface area contributed by atoms with Gasteiger partial charge in [-0.25, -0.2) is 21.6 Å². The van der Waals surface area contributed by atoms with E-state index in [2.05, 4.69) is 9.44 Å². The topological polar surface area (TPSA) is 118 Å². The van der Waals surface area contributed by atoms with Crippen molar-refractivity contribution in [3.05, 3.63) is 54.7 Å². The first kappa shape index (κ1) is 23.8. The number of rotatable bonds is 9. The Morgan fingerprint density at radius 3 is 2.22 bits per heavy atom. The molecule has 1 amide bonds. The molecule has 172 valence electrons. The molecule has 2 aromatic carbocycles. The number of hydrogen-bond acceptors (Lipinski definition) is 5. The van der Waals surface area contributed by atoms with Gasteiger partial charge in [0.2, 0.25) is 15.9 Å². The lowest BCUT2D eigenvalue weighted by Crippen LogP contribution is -2.33. The van der Waals surface area contributed by atoms with Crippen molar-refractivity contribution in [3.63, 3.8) is 0 Å². The second kappa shape index (κ2) is 9.31. The highest BCUT2D eigenvalue weighted by Crippen LogP contribution is 2.24. The number of likely N-dealkylation sites (N-methyl/N-ethyl adjacent to an activating group) is 1. The Balaban J connectivity index is 1.85. The predicted octanol–water partition coefficient (Wildman–Crippen LogP) is 2.22. The third-order valence-electron chi connectivity index (χ3n) is 5.14. The van der Waals surface area contributed by atoms with Crippen molar-refractivity contribution in [2.24, 2.45) is 0 Å². The normalized spacial score (nSPS) is 12.1. The monoisotopic (exact) mass is 478 g/mol. The summed E-state index contributed by atoms with van der Waals surface area (Å²) in [7, 11) is -6.53. The number of carbonyl (C=O) groups is 1. The van der Waals surface area contributed by atoms with Crippen molar-refractivity contribution in [1.82, 2.24) is 14.2 Å². The molecule has 0 aliphatic rings. The van der Waals surface area contributed by atoms with E-state index in [1.54, 1.807) is 29.3 Å². The SMILES string of the molecule is CCN(CC)C(=O)Cn1ccc2cc(NS(=O)(=O)c3cccc(S(=O)(=O)NC)c3)ccc21. The average molecular weight is 479 g/mol. The minimum atomic E-state index is -4.01. The fourth-order valence-corrected chi connectivity index (χ4v) is 5.31. The van der Waals surface area contributed by atoms with Crippen LogP contribution in [0.15, 0.2) is 64.5 Å².